The summed E-state index contributed by atoms with van der Waals surface area (Å²) in [6, 6.07) is -0.863. The molecule has 2 heterocycles. The Hall–Kier alpha value is -1.30. The Kier molecular flexibility index (Phi) is 3.28. The molecular weight excluding hydrogens is 214 g/mol. The van der Waals surface area contributed by atoms with Crippen LogP contribution in [0.5, 0.6) is 0 Å². The molecule has 2 rings (SSSR count). The zero-order valence-corrected chi connectivity index (χ0v) is 8.92. The van der Waals surface area contributed by atoms with Gasteiger partial charge in [-0.15, -0.1) is 0 Å². The fraction of sp³-hybridized carbons (Fsp3) is 0.800. The largest absolute Gasteiger partial charge is 0.480 e. The lowest BCUT2D eigenvalue weighted by molar-refractivity contribution is -0.142. The summed E-state index contributed by atoms with van der Waals surface area (Å²) in [4.78, 5) is 23.5. The summed E-state index contributed by atoms with van der Waals surface area (Å²) in [5.41, 5.74) is 0. The van der Waals surface area contributed by atoms with Gasteiger partial charge in [0.2, 0.25) is 0 Å². The molecule has 1 N–H and O–H groups in total. The van der Waals surface area contributed by atoms with E-state index in [1.165, 1.54) is 4.90 Å². The van der Waals surface area contributed by atoms with Crippen molar-refractivity contribution in [3.05, 3.63) is 0 Å². The molecule has 2 unspecified atom stereocenters. The van der Waals surface area contributed by atoms with E-state index >= 15 is 0 Å². The summed E-state index contributed by atoms with van der Waals surface area (Å²) in [6.07, 6.45) is 2.35. The number of carboxylic acid groups (broad SMARTS) is 1. The molecule has 0 saturated carbocycles. The fourth-order valence-electron chi connectivity index (χ4n) is 2.03. The molecule has 2 aliphatic heterocycles. The van der Waals surface area contributed by atoms with Crippen molar-refractivity contribution in [2.75, 3.05) is 19.8 Å². The van der Waals surface area contributed by atoms with Crippen molar-refractivity contribution in [3.63, 3.8) is 0 Å². The Balaban J connectivity index is 1.95. The number of hydrogen-bond acceptors (Lipinski definition) is 4. The van der Waals surface area contributed by atoms with Gasteiger partial charge in [0.25, 0.3) is 0 Å². The van der Waals surface area contributed by atoms with Gasteiger partial charge in [-0.05, 0) is 19.3 Å². The first-order valence-corrected chi connectivity index (χ1v) is 5.46. The topological polar surface area (TPSA) is 76.1 Å². The zero-order chi connectivity index (χ0) is 11.5. The van der Waals surface area contributed by atoms with Crippen LogP contribution in [0.3, 0.4) is 0 Å². The standard InChI is InChI=1S/C10H15NO5/c12-9(13)8-6-16-10(14)11(8)5-7-3-1-2-4-15-7/h7-8H,1-6H2,(H,12,13). The minimum absolute atomic E-state index is 0.0544. The third-order valence-corrected chi connectivity index (χ3v) is 2.93. The van der Waals surface area contributed by atoms with Crippen molar-refractivity contribution in [2.24, 2.45) is 0 Å². The fourth-order valence-corrected chi connectivity index (χ4v) is 2.03. The van der Waals surface area contributed by atoms with Gasteiger partial charge in [-0.2, -0.15) is 0 Å². The number of cyclic esters (lactones) is 1. The first kappa shape index (κ1) is 11.2. The first-order valence-electron chi connectivity index (χ1n) is 5.46. The van der Waals surface area contributed by atoms with Crippen molar-refractivity contribution in [2.45, 2.75) is 31.4 Å². The Bertz CT molecular complexity index is 287. The van der Waals surface area contributed by atoms with Crippen molar-refractivity contribution >= 4 is 12.1 Å². The van der Waals surface area contributed by atoms with Gasteiger partial charge < -0.3 is 14.6 Å². The van der Waals surface area contributed by atoms with Gasteiger partial charge in [-0.25, -0.2) is 9.59 Å². The van der Waals surface area contributed by atoms with Gasteiger partial charge in [0, 0.05) is 6.61 Å². The van der Waals surface area contributed by atoms with E-state index in [1.54, 1.807) is 0 Å². The van der Waals surface area contributed by atoms with Crippen LogP contribution in [-0.2, 0) is 14.3 Å². The van der Waals surface area contributed by atoms with Crippen LogP contribution in [0.15, 0.2) is 0 Å². The summed E-state index contributed by atoms with van der Waals surface area (Å²) >= 11 is 0. The molecule has 0 radical (unpaired) electrons. The van der Waals surface area contributed by atoms with E-state index in [4.69, 9.17) is 14.6 Å². The number of hydrogen-bond donors (Lipinski definition) is 1. The maximum atomic E-state index is 11.3. The van der Waals surface area contributed by atoms with Gasteiger partial charge in [0.05, 0.1) is 12.6 Å². The SMILES string of the molecule is O=C(O)C1COC(=O)N1CC1CCCCO1. The highest BCUT2D eigenvalue weighted by Crippen LogP contribution is 2.19. The Morgan fingerprint density at radius 1 is 1.50 bits per heavy atom. The van der Waals surface area contributed by atoms with E-state index in [0.29, 0.717) is 13.2 Å². The second-order valence-electron chi connectivity index (χ2n) is 4.07. The second kappa shape index (κ2) is 4.69. The highest BCUT2D eigenvalue weighted by atomic mass is 16.6. The second-order valence-corrected chi connectivity index (χ2v) is 4.07. The van der Waals surface area contributed by atoms with E-state index in [1.807, 2.05) is 0 Å². The maximum absolute atomic E-state index is 11.3. The molecule has 0 aromatic rings. The Labute approximate surface area is 93.1 Å². The highest BCUT2D eigenvalue weighted by molar-refractivity contribution is 5.82. The van der Waals surface area contributed by atoms with E-state index in [0.717, 1.165) is 19.3 Å². The number of ether oxygens (including phenoxy) is 2. The molecule has 2 atom stereocenters. The molecule has 0 spiro atoms. The zero-order valence-electron chi connectivity index (χ0n) is 8.92. The third kappa shape index (κ3) is 2.27. The maximum Gasteiger partial charge on any atom is 0.410 e. The number of aliphatic carboxylic acids is 1. The summed E-state index contributed by atoms with van der Waals surface area (Å²) in [5.74, 6) is -1.03. The number of amides is 1. The quantitative estimate of drug-likeness (QED) is 0.760. The van der Waals surface area contributed by atoms with Crippen LogP contribution >= 0.6 is 0 Å². The highest BCUT2D eigenvalue weighted by Gasteiger charge is 2.39. The molecule has 1 amide bonds. The molecule has 0 aromatic carbocycles. The van der Waals surface area contributed by atoms with Crippen LogP contribution in [0.4, 0.5) is 4.79 Å². The Morgan fingerprint density at radius 2 is 2.31 bits per heavy atom. The van der Waals surface area contributed by atoms with Crippen molar-refractivity contribution in [1.82, 2.24) is 4.90 Å². The first-order chi connectivity index (χ1) is 7.68. The third-order valence-electron chi connectivity index (χ3n) is 2.93. The van der Waals surface area contributed by atoms with Gasteiger partial charge in [-0.1, -0.05) is 0 Å². The number of rotatable bonds is 3. The van der Waals surface area contributed by atoms with Crippen LogP contribution in [0.2, 0.25) is 0 Å². The summed E-state index contributed by atoms with van der Waals surface area (Å²) in [5, 5.41) is 8.92. The molecule has 0 bridgehead atoms. The lowest BCUT2D eigenvalue weighted by Gasteiger charge is -2.27. The van der Waals surface area contributed by atoms with Crippen molar-refractivity contribution in [1.29, 1.82) is 0 Å². The van der Waals surface area contributed by atoms with Gasteiger partial charge >= 0.3 is 12.1 Å². The van der Waals surface area contributed by atoms with Crippen LogP contribution < -0.4 is 0 Å². The van der Waals surface area contributed by atoms with Crippen molar-refractivity contribution in [3.8, 4) is 0 Å². The summed E-state index contributed by atoms with van der Waals surface area (Å²) in [6.45, 7) is 0.933. The van der Waals surface area contributed by atoms with Crippen LogP contribution in [-0.4, -0.2) is 54.0 Å². The molecule has 90 valence electrons. The number of nitrogens with zero attached hydrogens (tertiary/aromatic N) is 1. The van der Waals surface area contributed by atoms with E-state index in [-0.39, 0.29) is 12.7 Å². The predicted molar refractivity (Wildman–Crippen MR) is 53.1 cm³/mol. The van der Waals surface area contributed by atoms with Crippen molar-refractivity contribution < 1.29 is 24.2 Å². The molecule has 2 saturated heterocycles. The molecule has 2 fully saturated rings. The number of carboxylic acids is 1. The molecule has 16 heavy (non-hydrogen) atoms. The molecule has 6 nitrogen and oxygen atoms in total. The van der Waals surface area contributed by atoms with Gasteiger partial charge in [-0.3, -0.25) is 4.90 Å². The average Bonchev–Trinajstić information content (AvgIpc) is 2.62. The van der Waals surface area contributed by atoms with E-state index in [9.17, 15) is 9.59 Å². The average molecular weight is 229 g/mol. The summed E-state index contributed by atoms with van der Waals surface area (Å²) in [7, 11) is 0. The molecule has 2 aliphatic rings. The van der Waals surface area contributed by atoms with Crippen LogP contribution in [0.1, 0.15) is 19.3 Å². The van der Waals surface area contributed by atoms with E-state index in [2.05, 4.69) is 0 Å². The predicted octanol–water partition coefficient (Wildman–Crippen LogP) is 0.461. The number of carbonyl (C=O) groups is 2. The Morgan fingerprint density at radius 3 is 2.94 bits per heavy atom. The lowest BCUT2D eigenvalue weighted by Crippen LogP contribution is -2.44. The molecule has 0 aromatic heterocycles. The van der Waals surface area contributed by atoms with Gasteiger partial charge in [0.15, 0.2) is 6.04 Å². The number of carbonyl (C=O) groups excluding carboxylic acids is 1. The normalized spacial score (nSPS) is 30.2. The lowest BCUT2D eigenvalue weighted by atomic mass is 10.1. The smallest absolute Gasteiger partial charge is 0.410 e. The minimum atomic E-state index is -1.03. The minimum Gasteiger partial charge on any atom is -0.480 e. The van der Waals surface area contributed by atoms with E-state index < -0.39 is 18.1 Å². The molecule has 6 heteroatoms. The summed E-state index contributed by atoms with van der Waals surface area (Å²) < 4.78 is 10.2. The van der Waals surface area contributed by atoms with Crippen LogP contribution in [0, 0.1) is 0 Å². The molecule has 0 aliphatic carbocycles. The van der Waals surface area contributed by atoms with Gasteiger partial charge in [0.1, 0.15) is 6.61 Å². The monoisotopic (exact) mass is 229 g/mol. The molecular formula is C10H15NO5. The van der Waals surface area contributed by atoms with Crippen LogP contribution in [0.25, 0.3) is 0 Å².